The van der Waals surface area contributed by atoms with Gasteiger partial charge in [-0.25, -0.2) is 0 Å². The maximum atomic E-state index is 13.3. The Morgan fingerprint density at radius 1 is 1.15 bits per heavy atom. The summed E-state index contributed by atoms with van der Waals surface area (Å²) in [6.45, 7) is 2.03. The SMILES string of the molecule is C[C@@H]1CN(c2ccc(C#N)c3nccnc23)C[C@H](C(=O)N2C[C@H](N)C[C@H](C(F)(F)F)C2)O1.Cl.Cl. The monoisotopic (exact) mass is 520 g/mol. The molecule has 186 valence electrons. The summed E-state index contributed by atoms with van der Waals surface area (Å²) < 4.78 is 45.7. The molecule has 0 saturated carbocycles. The van der Waals surface area contributed by atoms with Crippen LogP contribution in [0.3, 0.4) is 0 Å². The number of hydrogen-bond donors (Lipinski definition) is 1. The van der Waals surface area contributed by atoms with E-state index in [1.165, 1.54) is 17.3 Å². The molecule has 2 aromatic rings. The molecule has 34 heavy (non-hydrogen) atoms. The van der Waals surface area contributed by atoms with E-state index in [-0.39, 0.29) is 50.4 Å². The number of ether oxygens (including phenoxy) is 1. The molecule has 0 radical (unpaired) electrons. The number of nitrogens with zero attached hydrogens (tertiary/aromatic N) is 5. The molecule has 8 nitrogen and oxygen atoms in total. The van der Waals surface area contributed by atoms with Crippen LogP contribution in [0.1, 0.15) is 18.9 Å². The topological polar surface area (TPSA) is 108 Å². The summed E-state index contributed by atoms with van der Waals surface area (Å²) in [6, 6.07) is 4.73. The van der Waals surface area contributed by atoms with E-state index in [4.69, 9.17) is 10.5 Å². The van der Waals surface area contributed by atoms with E-state index in [0.717, 1.165) is 0 Å². The normalized spacial score (nSPS) is 25.2. The Kier molecular flexibility index (Phi) is 8.93. The second-order valence-electron chi connectivity index (χ2n) is 8.32. The third-order valence-electron chi connectivity index (χ3n) is 5.86. The number of aromatic nitrogens is 2. The van der Waals surface area contributed by atoms with Gasteiger partial charge in [-0.15, -0.1) is 24.8 Å². The highest BCUT2D eigenvalue weighted by Crippen LogP contribution is 2.34. The number of carbonyl (C=O) groups is 1. The Balaban J connectivity index is 0.00000204. The molecule has 0 unspecified atom stereocenters. The highest BCUT2D eigenvalue weighted by molar-refractivity contribution is 5.92. The van der Waals surface area contributed by atoms with Gasteiger partial charge in [0.15, 0.2) is 6.10 Å². The standard InChI is InChI=1S/C21H23F3N6O2.2ClH/c1-12-8-29(16-3-2-13(7-25)18-19(16)28-5-4-27-18)11-17(32-12)20(31)30-9-14(21(22,23)24)6-15(26)10-30;;/h2-5,12,14-15,17H,6,8-11,26H2,1H3;2*1H/t12-,14+,15-,17-;;/m1../s1. The van der Waals surface area contributed by atoms with Crippen molar-refractivity contribution in [2.75, 3.05) is 31.1 Å². The number of anilines is 1. The van der Waals surface area contributed by atoms with Gasteiger partial charge in [0.2, 0.25) is 0 Å². The minimum Gasteiger partial charge on any atom is -0.364 e. The zero-order valence-electron chi connectivity index (χ0n) is 18.2. The van der Waals surface area contributed by atoms with Crippen LogP contribution in [-0.4, -0.2) is 71.4 Å². The number of nitrogens with two attached hydrogens (primary N) is 1. The largest absolute Gasteiger partial charge is 0.393 e. The number of morpholine rings is 1. The van der Waals surface area contributed by atoms with Gasteiger partial charge in [-0.1, -0.05) is 0 Å². The molecule has 0 bridgehead atoms. The van der Waals surface area contributed by atoms with Gasteiger partial charge in [-0.05, 0) is 25.5 Å². The quantitative estimate of drug-likeness (QED) is 0.648. The highest BCUT2D eigenvalue weighted by atomic mass is 35.5. The van der Waals surface area contributed by atoms with Gasteiger partial charge in [0.05, 0.1) is 29.8 Å². The van der Waals surface area contributed by atoms with Crippen molar-refractivity contribution in [3.05, 3.63) is 30.1 Å². The summed E-state index contributed by atoms with van der Waals surface area (Å²) in [4.78, 5) is 24.8. The minimum atomic E-state index is -4.41. The van der Waals surface area contributed by atoms with Crippen LogP contribution in [-0.2, 0) is 9.53 Å². The Morgan fingerprint density at radius 3 is 2.47 bits per heavy atom. The van der Waals surface area contributed by atoms with E-state index in [2.05, 4.69) is 16.0 Å². The van der Waals surface area contributed by atoms with Gasteiger partial charge in [-0.3, -0.25) is 14.8 Å². The zero-order valence-corrected chi connectivity index (χ0v) is 19.9. The number of rotatable bonds is 2. The molecule has 1 aromatic carbocycles. The second kappa shape index (κ2) is 10.9. The first-order valence-corrected chi connectivity index (χ1v) is 10.3. The molecule has 1 aromatic heterocycles. The summed E-state index contributed by atoms with van der Waals surface area (Å²) in [5.41, 5.74) is 7.86. The molecule has 0 aliphatic carbocycles. The van der Waals surface area contributed by atoms with Crippen LogP contribution >= 0.6 is 24.8 Å². The Morgan fingerprint density at radius 2 is 1.82 bits per heavy atom. The number of alkyl halides is 3. The van der Waals surface area contributed by atoms with Crippen molar-refractivity contribution in [2.24, 2.45) is 11.7 Å². The maximum absolute atomic E-state index is 13.3. The number of fused-ring (bicyclic) bond motifs is 1. The van der Waals surface area contributed by atoms with E-state index >= 15 is 0 Å². The molecule has 4 atom stereocenters. The molecule has 13 heteroatoms. The summed E-state index contributed by atoms with van der Waals surface area (Å²) in [5, 5.41) is 9.35. The van der Waals surface area contributed by atoms with Crippen molar-refractivity contribution in [3.8, 4) is 6.07 Å². The van der Waals surface area contributed by atoms with E-state index in [0.29, 0.717) is 28.8 Å². The Hall–Kier alpha value is -2.39. The minimum absolute atomic E-state index is 0. The first-order valence-electron chi connectivity index (χ1n) is 10.3. The number of halogens is 5. The lowest BCUT2D eigenvalue weighted by Gasteiger charge is -2.42. The van der Waals surface area contributed by atoms with E-state index in [9.17, 15) is 23.2 Å². The first-order chi connectivity index (χ1) is 15.2. The summed E-state index contributed by atoms with van der Waals surface area (Å²) in [6.07, 6.45) is -2.89. The van der Waals surface area contributed by atoms with Crippen LogP contribution < -0.4 is 10.6 Å². The summed E-state index contributed by atoms with van der Waals surface area (Å²) in [5.74, 6) is -2.15. The molecule has 2 N–H and O–H groups in total. The molecule has 2 saturated heterocycles. The van der Waals surface area contributed by atoms with Gasteiger partial charge in [0, 0.05) is 38.1 Å². The van der Waals surface area contributed by atoms with Crippen LogP contribution in [0.15, 0.2) is 24.5 Å². The van der Waals surface area contributed by atoms with Gasteiger partial charge < -0.3 is 20.3 Å². The lowest BCUT2D eigenvalue weighted by molar-refractivity contribution is -0.192. The predicted molar refractivity (Wildman–Crippen MR) is 124 cm³/mol. The van der Waals surface area contributed by atoms with Gasteiger partial charge in [0.1, 0.15) is 17.1 Å². The highest BCUT2D eigenvalue weighted by Gasteiger charge is 2.46. The molecule has 2 aliphatic rings. The Bertz CT molecular complexity index is 1070. The van der Waals surface area contributed by atoms with Crippen LogP contribution in [0.2, 0.25) is 0 Å². The van der Waals surface area contributed by atoms with Crippen molar-refractivity contribution < 1.29 is 22.7 Å². The van der Waals surface area contributed by atoms with Crippen LogP contribution in [0.4, 0.5) is 18.9 Å². The molecular formula is C21H25Cl2F3N6O2. The average molecular weight is 521 g/mol. The van der Waals surface area contributed by atoms with Crippen molar-refractivity contribution >= 4 is 47.4 Å². The lowest BCUT2D eigenvalue weighted by atomic mass is 9.93. The van der Waals surface area contributed by atoms with Crippen molar-refractivity contribution in [2.45, 2.75) is 37.8 Å². The van der Waals surface area contributed by atoms with Crippen LogP contribution in [0.25, 0.3) is 11.0 Å². The number of piperidine rings is 1. The number of nitriles is 1. The summed E-state index contributed by atoms with van der Waals surface area (Å²) >= 11 is 0. The molecule has 2 aliphatic heterocycles. The average Bonchev–Trinajstić information content (AvgIpc) is 2.76. The fourth-order valence-corrected chi connectivity index (χ4v) is 4.43. The lowest BCUT2D eigenvalue weighted by Crippen LogP contribution is -2.59. The number of benzene rings is 1. The predicted octanol–water partition coefficient (Wildman–Crippen LogP) is 2.68. The van der Waals surface area contributed by atoms with Crippen molar-refractivity contribution in [1.29, 1.82) is 5.26 Å². The molecule has 4 rings (SSSR count). The third kappa shape index (κ3) is 5.63. The Labute approximate surface area is 207 Å². The van der Waals surface area contributed by atoms with Gasteiger partial charge >= 0.3 is 6.18 Å². The number of hydrogen-bond acceptors (Lipinski definition) is 7. The number of amides is 1. The summed E-state index contributed by atoms with van der Waals surface area (Å²) in [7, 11) is 0. The molecule has 1 amide bonds. The first kappa shape index (κ1) is 27.9. The third-order valence-corrected chi connectivity index (χ3v) is 5.86. The van der Waals surface area contributed by atoms with E-state index in [1.54, 1.807) is 19.1 Å². The molecule has 3 heterocycles. The second-order valence-corrected chi connectivity index (χ2v) is 8.32. The number of carbonyl (C=O) groups excluding carboxylic acids is 1. The number of likely N-dealkylation sites (tertiary alicyclic amines) is 1. The fraction of sp³-hybridized carbons (Fsp3) is 0.524. The molecule has 0 spiro atoms. The zero-order chi connectivity index (χ0) is 23.0. The van der Waals surface area contributed by atoms with Gasteiger partial charge in [0.25, 0.3) is 5.91 Å². The molecular weight excluding hydrogens is 496 g/mol. The maximum Gasteiger partial charge on any atom is 0.393 e. The van der Waals surface area contributed by atoms with Crippen LogP contribution in [0.5, 0.6) is 0 Å². The van der Waals surface area contributed by atoms with Crippen molar-refractivity contribution in [3.63, 3.8) is 0 Å². The van der Waals surface area contributed by atoms with E-state index < -0.39 is 36.7 Å². The van der Waals surface area contributed by atoms with E-state index in [1.807, 2.05) is 4.90 Å². The molecule has 2 fully saturated rings. The van der Waals surface area contributed by atoms with Crippen LogP contribution in [0, 0.1) is 17.2 Å². The van der Waals surface area contributed by atoms with Gasteiger partial charge in [-0.2, -0.15) is 18.4 Å². The smallest absolute Gasteiger partial charge is 0.364 e. The fourth-order valence-electron chi connectivity index (χ4n) is 4.43. The van der Waals surface area contributed by atoms with Crippen molar-refractivity contribution in [1.82, 2.24) is 14.9 Å².